The molecule has 7 heteroatoms. The summed E-state index contributed by atoms with van der Waals surface area (Å²) in [5.41, 5.74) is 3.36. The number of aryl methyl sites for hydroxylation is 3. The number of thiophene rings is 1. The van der Waals surface area contributed by atoms with Crippen LogP contribution in [-0.4, -0.2) is 47.1 Å². The number of carbonyl (C=O) groups is 1. The van der Waals surface area contributed by atoms with E-state index in [1.165, 1.54) is 28.7 Å². The highest BCUT2D eigenvalue weighted by atomic mass is 32.1. The predicted molar refractivity (Wildman–Crippen MR) is 127 cm³/mol. The molecule has 1 aliphatic heterocycles. The Morgan fingerprint density at radius 3 is 2.58 bits per heavy atom. The van der Waals surface area contributed by atoms with Crippen LogP contribution in [0.4, 0.5) is 16.3 Å². The van der Waals surface area contributed by atoms with E-state index in [-0.39, 0.29) is 6.03 Å². The highest BCUT2D eigenvalue weighted by molar-refractivity contribution is 7.18. The van der Waals surface area contributed by atoms with E-state index in [1.807, 2.05) is 23.1 Å². The van der Waals surface area contributed by atoms with Gasteiger partial charge in [-0.05, 0) is 50.3 Å². The summed E-state index contributed by atoms with van der Waals surface area (Å²) in [7, 11) is 0. The van der Waals surface area contributed by atoms with Crippen molar-refractivity contribution in [3.05, 3.63) is 46.1 Å². The Balaban J connectivity index is 1.33. The third kappa shape index (κ3) is 3.87. The molecule has 0 radical (unpaired) electrons. The van der Waals surface area contributed by atoms with Gasteiger partial charge in [-0.2, -0.15) is 0 Å². The van der Waals surface area contributed by atoms with Crippen LogP contribution in [-0.2, 0) is 6.42 Å². The summed E-state index contributed by atoms with van der Waals surface area (Å²) in [5.74, 6) is 2.58. The van der Waals surface area contributed by atoms with Crippen molar-refractivity contribution in [1.82, 2.24) is 14.9 Å². The minimum absolute atomic E-state index is 0.0189. The molecule has 2 aromatic heterocycles. The van der Waals surface area contributed by atoms with Gasteiger partial charge < -0.3 is 15.1 Å². The Bertz CT molecular complexity index is 1130. The number of benzene rings is 1. The van der Waals surface area contributed by atoms with Gasteiger partial charge in [0.2, 0.25) is 0 Å². The van der Waals surface area contributed by atoms with Gasteiger partial charge in [-0.25, -0.2) is 14.8 Å². The molecule has 0 unspecified atom stereocenters. The van der Waals surface area contributed by atoms with Crippen molar-refractivity contribution in [2.45, 2.75) is 46.0 Å². The second kappa shape index (κ2) is 8.11. The van der Waals surface area contributed by atoms with E-state index in [0.717, 1.165) is 47.2 Å². The van der Waals surface area contributed by atoms with Gasteiger partial charge in [0.1, 0.15) is 16.5 Å². The van der Waals surface area contributed by atoms with E-state index in [2.05, 4.69) is 37.1 Å². The normalized spacial score (nSPS) is 16.7. The minimum atomic E-state index is -0.0189. The summed E-state index contributed by atoms with van der Waals surface area (Å²) in [5, 5.41) is 4.30. The largest absolute Gasteiger partial charge is 0.352 e. The van der Waals surface area contributed by atoms with Crippen molar-refractivity contribution in [3.8, 4) is 0 Å². The smallest absolute Gasteiger partial charge is 0.321 e. The molecule has 3 heterocycles. The molecule has 0 atom stereocenters. The minimum Gasteiger partial charge on any atom is -0.352 e. The van der Waals surface area contributed by atoms with Gasteiger partial charge in [0.25, 0.3) is 0 Å². The monoisotopic (exact) mass is 435 g/mol. The first-order valence-corrected chi connectivity index (χ1v) is 12.0. The average molecular weight is 436 g/mol. The first kappa shape index (κ1) is 20.2. The van der Waals surface area contributed by atoms with Crippen LogP contribution in [0.25, 0.3) is 10.2 Å². The molecular weight excluding hydrogens is 406 g/mol. The van der Waals surface area contributed by atoms with Gasteiger partial charge in [0.05, 0.1) is 5.39 Å². The van der Waals surface area contributed by atoms with E-state index < -0.39 is 0 Å². The van der Waals surface area contributed by atoms with Crippen LogP contribution in [0.2, 0.25) is 0 Å². The third-order valence-corrected chi connectivity index (χ3v) is 7.58. The number of nitrogens with zero attached hydrogens (tertiary/aromatic N) is 4. The number of rotatable bonds is 4. The Labute approximate surface area is 187 Å². The van der Waals surface area contributed by atoms with Gasteiger partial charge in [-0.15, -0.1) is 11.3 Å². The number of anilines is 2. The molecular formula is C24H29N5OS. The number of aromatic nitrogens is 2. The van der Waals surface area contributed by atoms with Crippen molar-refractivity contribution >= 4 is 39.1 Å². The maximum absolute atomic E-state index is 12.9. The van der Waals surface area contributed by atoms with Crippen molar-refractivity contribution in [2.75, 3.05) is 36.4 Å². The van der Waals surface area contributed by atoms with Crippen molar-refractivity contribution in [2.24, 2.45) is 0 Å². The summed E-state index contributed by atoms with van der Waals surface area (Å²) >= 11 is 1.77. The summed E-state index contributed by atoms with van der Waals surface area (Å²) in [6.45, 7) is 9.39. The van der Waals surface area contributed by atoms with Gasteiger partial charge in [-0.1, -0.05) is 25.1 Å². The van der Waals surface area contributed by atoms with E-state index in [4.69, 9.17) is 9.97 Å². The Morgan fingerprint density at radius 1 is 1.13 bits per heavy atom. The maximum Gasteiger partial charge on any atom is 0.321 e. The first-order valence-electron chi connectivity index (χ1n) is 11.2. The number of carbonyl (C=O) groups excluding carboxylic acids is 1. The van der Waals surface area contributed by atoms with Crippen molar-refractivity contribution < 1.29 is 4.79 Å². The van der Waals surface area contributed by atoms with Gasteiger partial charge in [-0.3, -0.25) is 0 Å². The van der Waals surface area contributed by atoms with Gasteiger partial charge in [0.15, 0.2) is 0 Å². The van der Waals surface area contributed by atoms with E-state index in [0.29, 0.717) is 19.0 Å². The van der Waals surface area contributed by atoms with Crippen molar-refractivity contribution in [1.29, 1.82) is 0 Å². The molecule has 1 saturated heterocycles. The lowest BCUT2D eigenvalue weighted by molar-refractivity contribution is 0.208. The van der Waals surface area contributed by atoms with E-state index in [9.17, 15) is 4.79 Å². The second-order valence-electron chi connectivity index (χ2n) is 8.56. The molecule has 6 nitrogen and oxygen atoms in total. The van der Waals surface area contributed by atoms with Gasteiger partial charge in [0, 0.05) is 42.7 Å². The molecule has 1 N–H and O–H groups in total. The number of nitrogens with one attached hydrogen (secondary N) is 1. The summed E-state index contributed by atoms with van der Waals surface area (Å²) < 4.78 is 0. The molecule has 3 aromatic rings. The number of hydrogen-bond donors (Lipinski definition) is 1. The summed E-state index contributed by atoms with van der Waals surface area (Å²) in [6, 6.07) is 8.01. The maximum atomic E-state index is 12.9. The number of para-hydroxylation sites is 1. The van der Waals surface area contributed by atoms with Gasteiger partial charge >= 0.3 is 6.03 Å². The molecule has 31 heavy (non-hydrogen) atoms. The molecule has 2 aliphatic rings. The fraction of sp³-hybridized carbons (Fsp3) is 0.458. The van der Waals surface area contributed by atoms with Crippen molar-refractivity contribution in [3.63, 3.8) is 0 Å². The average Bonchev–Trinajstić information content (AvgIpc) is 3.60. The topological polar surface area (TPSA) is 61.4 Å². The lowest BCUT2D eigenvalue weighted by Gasteiger charge is -2.36. The molecule has 162 valence electrons. The zero-order valence-electron chi connectivity index (χ0n) is 18.4. The fourth-order valence-corrected chi connectivity index (χ4v) is 5.29. The lowest BCUT2D eigenvalue weighted by atomic mass is 10.1. The number of urea groups is 1. The highest BCUT2D eigenvalue weighted by Crippen LogP contribution is 2.42. The fourth-order valence-electron chi connectivity index (χ4n) is 4.26. The lowest BCUT2D eigenvalue weighted by Crippen LogP contribution is -2.50. The standard InChI is InChI=1S/C24H29N5OS/c1-4-17-7-5-6-8-19(17)25-24(30)29-13-11-28(12-14-29)22-20-15(2)16(3)31-23(20)27-21(26-22)18-9-10-18/h5-8,18H,4,9-14H2,1-3H3,(H,25,30). The summed E-state index contributed by atoms with van der Waals surface area (Å²) in [6.07, 6.45) is 3.29. The van der Waals surface area contributed by atoms with Crippen LogP contribution in [0.15, 0.2) is 24.3 Å². The summed E-state index contributed by atoms with van der Waals surface area (Å²) in [4.78, 5) is 29.5. The zero-order chi connectivity index (χ0) is 21.5. The number of hydrogen-bond acceptors (Lipinski definition) is 5. The molecule has 0 spiro atoms. The van der Waals surface area contributed by atoms with Crippen LogP contribution >= 0.6 is 11.3 Å². The first-order chi connectivity index (χ1) is 15.0. The van der Waals surface area contributed by atoms with Crippen LogP contribution < -0.4 is 10.2 Å². The Hall–Kier alpha value is -2.67. The number of fused-ring (bicyclic) bond motifs is 1. The van der Waals surface area contributed by atoms with Crippen LogP contribution in [0.5, 0.6) is 0 Å². The molecule has 1 aliphatic carbocycles. The Kier molecular flexibility index (Phi) is 5.30. The molecule has 1 saturated carbocycles. The molecule has 5 rings (SSSR count). The van der Waals surface area contributed by atoms with Crippen LogP contribution in [0.3, 0.4) is 0 Å². The number of amides is 2. The van der Waals surface area contributed by atoms with E-state index >= 15 is 0 Å². The Morgan fingerprint density at radius 2 is 1.87 bits per heavy atom. The SMILES string of the molecule is CCc1ccccc1NC(=O)N1CCN(c2nc(C3CC3)nc3sc(C)c(C)c23)CC1. The van der Waals surface area contributed by atoms with Crippen LogP contribution in [0, 0.1) is 13.8 Å². The molecule has 2 fully saturated rings. The van der Waals surface area contributed by atoms with E-state index in [1.54, 1.807) is 11.3 Å². The third-order valence-electron chi connectivity index (χ3n) is 6.48. The highest BCUT2D eigenvalue weighted by Gasteiger charge is 2.31. The number of piperazine rings is 1. The molecule has 2 amide bonds. The quantitative estimate of drug-likeness (QED) is 0.619. The molecule has 1 aromatic carbocycles. The second-order valence-corrected chi connectivity index (χ2v) is 9.76. The molecule has 0 bridgehead atoms. The predicted octanol–water partition coefficient (Wildman–Crippen LogP) is 5.10. The zero-order valence-corrected chi connectivity index (χ0v) is 19.3. The van der Waals surface area contributed by atoms with Crippen LogP contribution in [0.1, 0.15) is 47.5 Å².